The Morgan fingerprint density at radius 1 is 1.29 bits per heavy atom. The zero-order valence-electron chi connectivity index (χ0n) is 15.5. The molecule has 0 spiro atoms. The van der Waals surface area contributed by atoms with Crippen LogP contribution in [0.5, 0.6) is 5.75 Å². The number of hydrogen-bond acceptors (Lipinski definition) is 6. The smallest absolute Gasteiger partial charge is 0.306 e. The molecule has 2 aliphatic carbocycles. The maximum absolute atomic E-state index is 13.6. The topological polar surface area (TPSA) is 121 Å². The van der Waals surface area contributed by atoms with Crippen LogP contribution in [0.25, 0.3) is 0 Å². The van der Waals surface area contributed by atoms with E-state index >= 15 is 0 Å². The minimum Gasteiger partial charge on any atom is -0.507 e. The van der Waals surface area contributed by atoms with Crippen molar-refractivity contribution in [1.29, 1.82) is 0 Å². The fraction of sp³-hybridized carbons (Fsp3) is 0.476. The van der Waals surface area contributed by atoms with Gasteiger partial charge in [0.1, 0.15) is 17.1 Å². The number of fused-ring (bicyclic) bond motifs is 2. The number of phenolic OH excluding ortho intramolecular Hbond substituents is 1. The summed E-state index contributed by atoms with van der Waals surface area (Å²) in [4.78, 5) is 37.5. The molecule has 4 rings (SSSR count). The van der Waals surface area contributed by atoms with Gasteiger partial charge in [-0.15, -0.1) is 0 Å². The third-order valence-corrected chi connectivity index (χ3v) is 6.14. The van der Waals surface area contributed by atoms with Gasteiger partial charge < -0.3 is 20.1 Å². The number of phenols is 1. The first-order chi connectivity index (χ1) is 13.2. The second kappa shape index (κ2) is 6.25. The van der Waals surface area contributed by atoms with E-state index in [0.29, 0.717) is 18.4 Å². The van der Waals surface area contributed by atoms with Crippen molar-refractivity contribution in [3.63, 3.8) is 0 Å². The molecule has 0 saturated heterocycles. The number of carbonyl (C=O) groups is 3. The van der Waals surface area contributed by atoms with Gasteiger partial charge in [0.25, 0.3) is 0 Å². The second-order valence-corrected chi connectivity index (χ2v) is 7.88. The summed E-state index contributed by atoms with van der Waals surface area (Å²) >= 11 is 0. The highest BCUT2D eigenvalue weighted by atomic mass is 16.5. The van der Waals surface area contributed by atoms with Gasteiger partial charge in [-0.25, -0.2) is 0 Å². The number of aliphatic hydroxyl groups is 1. The maximum atomic E-state index is 13.6. The highest BCUT2D eigenvalue weighted by Crippen LogP contribution is 2.61. The zero-order chi connectivity index (χ0) is 20.3. The van der Waals surface area contributed by atoms with Crippen molar-refractivity contribution in [1.82, 2.24) is 0 Å². The second-order valence-electron chi connectivity index (χ2n) is 7.88. The Kier molecular flexibility index (Phi) is 4.21. The van der Waals surface area contributed by atoms with Gasteiger partial charge in [0.2, 0.25) is 0 Å². The molecule has 1 heterocycles. The van der Waals surface area contributed by atoms with E-state index in [0.717, 1.165) is 0 Å². The van der Waals surface area contributed by atoms with Crippen LogP contribution >= 0.6 is 0 Å². The molecule has 0 amide bonds. The molecule has 0 aromatic heterocycles. The van der Waals surface area contributed by atoms with E-state index in [1.165, 1.54) is 24.3 Å². The average molecular weight is 386 g/mol. The summed E-state index contributed by atoms with van der Waals surface area (Å²) in [5.41, 5.74) is -2.61. The van der Waals surface area contributed by atoms with Crippen molar-refractivity contribution in [2.75, 3.05) is 0 Å². The van der Waals surface area contributed by atoms with E-state index in [2.05, 4.69) is 0 Å². The molecule has 0 radical (unpaired) electrons. The summed E-state index contributed by atoms with van der Waals surface area (Å²) in [6, 6.07) is 4.44. The largest absolute Gasteiger partial charge is 0.507 e. The van der Waals surface area contributed by atoms with E-state index in [4.69, 9.17) is 4.74 Å². The number of aliphatic carboxylic acids is 1. The van der Waals surface area contributed by atoms with Gasteiger partial charge in [0, 0.05) is 18.4 Å². The molecule has 1 fully saturated rings. The van der Waals surface area contributed by atoms with E-state index in [-0.39, 0.29) is 41.9 Å². The predicted molar refractivity (Wildman–Crippen MR) is 96.9 cm³/mol. The van der Waals surface area contributed by atoms with Crippen LogP contribution in [0.1, 0.15) is 54.9 Å². The number of carboxylic acid groups (broad SMARTS) is 1. The van der Waals surface area contributed by atoms with Crippen molar-refractivity contribution in [3.8, 4) is 5.75 Å². The van der Waals surface area contributed by atoms with E-state index < -0.39 is 35.0 Å². The van der Waals surface area contributed by atoms with Gasteiger partial charge in [-0.05, 0) is 18.1 Å². The Labute approximate surface area is 161 Å². The number of benzene rings is 1. The summed E-state index contributed by atoms with van der Waals surface area (Å²) in [5, 5.41) is 31.2. The standard InChI is InChI=1S/C21H22O7/c1-2-4-16-20-9-11(22)10-21(27,15(20)7-12(28-16)8-17(24)25)13-5-3-6-14(23)18(13)19(20)26/h3,5-7,12,16,23,27H,2,4,8-10H2,1H3,(H,24,25)/t12-,16+,20+,21+/m0/s1. The lowest BCUT2D eigenvalue weighted by Crippen LogP contribution is -2.62. The normalized spacial score (nSPS) is 33.7. The molecule has 1 aromatic rings. The molecule has 7 nitrogen and oxygen atoms in total. The Balaban J connectivity index is 2.02. The SMILES string of the molecule is CCC[C@H]1O[C@H](CC(=O)O)C=C2[C@]13CC(=O)C[C@@]2(O)c1cccc(O)c1C3=O. The van der Waals surface area contributed by atoms with Crippen LogP contribution in [0.3, 0.4) is 0 Å². The third kappa shape index (κ3) is 2.39. The van der Waals surface area contributed by atoms with E-state index in [1.54, 1.807) is 0 Å². The van der Waals surface area contributed by atoms with Crippen LogP contribution < -0.4 is 0 Å². The molecule has 1 saturated carbocycles. The number of carboxylic acids is 1. The monoisotopic (exact) mass is 386 g/mol. The Hall–Kier alpha value is -2.51. The predicted octanol–water partition coefficient (Wildman–Crippen LogP) is 2.09. The molecule has 1 aliphatic heterocycles. The van der Waals surface area contributed by atoms with E-state index in [9.17, 15) is 29.7 Å². The lowest BCUT2D eigenvalue weighted by atomic mass is 9.50. The van der Waals surface area contributed by atoms with Crippen molar-refractivity contribution in [2.24, 2.45) is 5.41 Å². The summed E-state index contributed by atoms with van der Waals surface area (Å²) < 4.78 is 5.98. The van der Waals surface area contributed by atoms with Crippen LogP contribution in [0.2, 0.25) is 0 Å². The van der Waals surface area contributed by atoms with Gasteiger partial charge in [0.15, 0.2) is 5.78 Å². The quantitative estimate of drug-likeness (QED) is 0.678. The molecule has 3 N–H and O–H groups in total. The summed E-state index contributed by atoms with van der Waals surface area (Å²) in [6.45, 7) is 1.90. The molecule has 7 heteroatoms. The van der Waals surface area contributed by atoms with Gasteiger partial charge >= 0.3 is 5.97 Å². The minimum absolute atomic E-state index is 0.0241. The number of Topliss-reactive ketones (excluding diaryl/α,β-unsaturated/α-hetero) is 2. The maximum Gasteiger partial charge on any atom is 0.306 e. The van der Waals surface area contributed by atoms with Crippen LogP contribution in [-0.4, -0.2) is 45.1 Å². The Bertz CT molecular complexity index is 917. The minimum atomic E-state index is -1.76. The fourth-order valence-electron chi connectivity index (χ4n) is 5.14. The molecule has 28 heavy (non-hydrogen) atoms. The Morgan fingerprint density at radius 2 is 2.04 bits per heavy atom. The number of ketones is 2. The van der Waals surface area contributed by atoms with Crippen LogP contribution in [-0.2, 0) is 19.9 Å². The van der Waals surface area contributed by atoms with Crippen LogP contribution in [0.15, 0.2) is 29.8 Å². The first-order valence-electron chi connectivity index (χ1n) is 9.45. The third-order valence-electron chi connectivity index (χ3n) is 6.14. The first-order valence-corrected chi connectivity index (χ1v) is 9.45. The number of carbonyl (C=O) groups excluding carboxylic acids is 2. The molecule has 4 atom stereocenters. The van der Waals surface area contributed by atoms with Crippen molar-refractivity contribution < 1.29 is 34.4 Å². The average Bonchev–Trinajstić information content (AvgIpc) is 2.60. The van der Waals surface area contributed by atoms with Crippen molar-refractivity contribution in [2.45, 2.75) is 56.8 Å². The summed E-state index contributed by atoms with van der Waals surface area (Å²) in [7, 11) is 0. The molecule has 2 bridgehead atoms. The van der Waals surface area contributed by atoms with Crippen molar-refractivity contribution >= 4 is 17.5 Å². The van der Waals surface area contributed by atoms with Gasteiger partial charge in [-0.1, -0.05) is 31.6 Å². The van der Waals surface area contributed by atoms with Crippen LogP contribution in [0, 0.1) is 5.41 Å². The molecular formula is C21H22O7. The fourth-order valence-corrected chi connectivity index (χ4v) is 5.14. The van der Waals surface area contributed by atoms with Crippen molar-refractivity contribution in [3.05, 3.63) is 41.0 Å². The highest BCUT2D eigenvalue weighted by Gasteiger charge is 2.66. The van der Waals surface area contributed by atoms with E-state index in [1.807, 2.05) is 6.92 Å². The van der Waals surface area contributed by atoms with Gasteiger partial charge in [-0.2, -0.15) is 0 Å². The molecule has 1 aromatic carbocycles. The number of ether oxygens (including phenoxy) is 1. The highest BCUT2D eigenvalue weighted by molar-refractivity contribution is 6.12. The Morgan fingerprint density at radius 3 is 2.71 bits per heavy atom. The lowest BCUT2D eigenvalue weighted by Gasteiger charge is -2.56. The van der Waals surface area contributed by atoms with Crippen LogP contribution in [0.4, 0.5) is 0 Å². The zero-order valence-corrected chi connectivity index (χ0v) is 15.5. The molecular weight excluding hydrogens is 364 g/mol. The summed E-state index contributed by atoms with van der Waals surface area (Å²) in [6.07, 6.45) is 0.378. The molecule has 3 aliphatic rings. The lowest BCUT2D eigenvalue weighted by molar-refractivity contribution is -0.149. The molecule has 148 valence electrons. The number of aromatic hydroxyl groups is 1. The molecule has 0 unspecified atom stereocenters. The van der Waals surface area contributed by atoms with Gasteiger partial charge in [0.05, 0.1) is 29.6 Å². The number of hydrogen-bond donors (Lipinski definition) is 3. The summed E-state index contributed by atoms with van der Waals surface area (Å²) in [5.74, 6) is -2.00. The van der Waals surface area contributed by atoms with Gasteiger partial charge in [-0.3, -0.25) is 14.4 Å². The first kappa shape index (κ1) is 18.8. The number of rotatable bonds is 4.